The third-order valence-electron chi connectivity index (χ3n) is 3.84. The zero-order valence-electron chi connectivity index (χ0n) is 14.7. The first-order valence-electron chi connectivity index (χ1n) is 8.01. The highest BCUT2D eigenvalue weighted by atomic mass is 16.5. The molecule has 0 aliphatic rings. The predicted octanol–water partition coefficient (Wildman–Crippen LogP) is 1.39. The number of benzene rings is 2. The van der Waals surface area contributed by atoms with Gasteiger partial charge in [-0.1, -0.05) is 12.1 Å². The number of hydrogen-bond acceptors (Lipinski definition) is 7. The Morgan fingerprint density at radius 2 is 1.74 bits per heavy atom. The Labute approximate surface area is 154 Å². The maximum Gasteiger partial charge on any atom is 0.338 e. The Morgan fingerprint density at radius 1 is 1.04 bits per heavy atom. The van der Waals surface area contributed by atoms with Crippen LogP contribution in [0.2, 0.25) is 0 Å². The van der Waals surface area contributed by atoms with Gasteiger partial charge in [0.15, 0.2) is 5.82 Å². The lowest BCUT2D eigenvalue weighted by molar-refractivity contribution is 0.0596. The molecule has 3 aromatic rings. The van der Waals surface area contributed by atoms with E-state index in [1.165, 1.54) is 17.9 Å². The molecule has 1 aromatic heterocycles. The molecule has 1 amide bonds. The van der Waals surface area contributed by atoms with E-state index in [1.807, 2.05) is 0 Å². The van der Waals surface area contributed by atoms with Crippen LogP contribution >= 0.6 is 0 Å². The first-order valence-corrected chi connectivity index (χ1v) is 8.01. The molecular weight excluding hydrogens is 350 g/mol. The molecule has 0 aliphatic heterocycles. The molecule has 0 unspecified atom stereocenters. The summed E-state index contributed by atoms with van der Waals surface area (Å²) in [6.45, 7) is 0.0768. The molecule has 2 aromatic carbocycles. The van der Waals surface area contributed by atoms with Crippen molar-refractivity contribution in [2.75, 3.05) is 14.2 Å². The lowest BCUT2D eigenvalue weighted by atomic mass is 10.1. The number of nitrogens with zero attached hydrogens (tertiary/aromatic N) is 4. The molecule has 0 spiro atoms. The second kappa shape index (κ2) is 8.09. The number of esters is 1. The molecule has 9 nitrogen and oxygen atoms in total. The first kappa shape index (κ1) is 18.1. The molecular formula is C18H17N5O4. The number of amides is 1. The summed E-state index contributed by atoms with van der Waals surface area (Å²) in [4.78, 5) is 24.3. The fourth-order valence-electron chi connectivity index (χ4n) is 2.46. The molecule has 0 bridgehead atoms. The van der Waals surface area contributed by atoms with Crippen molar-refractivity contribution in [3.05, 3.63) is 65.5 Å². The van der Waals surface area contributed by atoms with Crippen molar-refractivity contribution in [3.8, 4) is 11.4 Å². The molecule has 138 valence electrons. The predicted molar refractivity (Wildman–Crippen MR) is 94.7 cm³/mol. The summed E-state index contributed by atoms with van der Waals surface area (Å²) in [7, 11) is 2.85. The number of ether oxygens (including phenoxy) is 2. The van der Waals surface area contributed by atoms with E-state index in [2.05, 4.69) is 20.8 Å². The molecule has 0 radical (unpaired) electrons. The van der Waals surface area contributed by atoms with E-state index in [9.17, 15) is 9.59 Å². The van der Waals surface area contributed by atoms with Crippen molar-refractivity contribution in [1.82, 2.24) is 25.5 Å². The molecule has 0 fully saturated rings. The number of methoxy groups -OCH3 is 2. The van der Waals surface area contributed by atoms with Crippen molar-refractivity contribution in [2.24, 2.45) is 0 Å². The van der Waals surface area contributed by atoms with Gasteiger partial charge in [0.2, 0.25) is 0 Å². The van der Waals surface area contributed by atoms with Crippen LogP contribution in [0.3, 0.4) is 0 Å². The quantitative estimate of drug-likeness (QED) is 0.656. The van der Waals surface area contributed by atoms with Crippen LogP contribution in [-0.4, -0.2) is 46.3 Å². The molecule has 3 rings (SSSR count). The molecule has 27 heavy (non-hydrogen) atoms. The van der Waals surface area contributed by atoms with E-state index in [0.717, 1.165) is 5.69 Å². The number of tetrazole rings is 1. The Balaban J connectivity index is 1.76. The second-order valence-electron chi connectivity index (χ2n) is 5.42. The number of nitrogens with one attached hydrogen (secondary N) is 1. The van der Waals surface area contributed by atoms with E-state index in [1.54, 1.807) is 49.6 Å². The van der Waals surface area contributed by atoms with Crippen molar-refractivity contribution < 1.29 is 19.1 Å². The van der Waals surface area contributed by atoms with Gasteiger partial charge in [-0.05, 0) is 46.8 Å². The highest BCUT2D eigenvalue weighted by Crippen LogP contribution is 2.15. The van der Waals surface area contributed by atoms with Gasteiger partial charge in [-0.3, -0.25) is 4.79 Å². The average Bonchev–Trinajstić information content (AvgIpc) is 3.20. The van der Waals surface area contributed by atoms with Gasteiger partial charge in [0.1, 0.15) is 5.75 Å². The van der Waals surface area contributed by atoms with Crippen LogP contribution in [-0.2, 0) is 11.3 Å². The van der Waals surface area contributed by atoms with Crippen LogP contribution in [0.25, 0.3) is 5.69 Å². The molecule has 0 saturated carbocycles. The maximum atomic E-state index is 12.5. The summed E-state index contributed by atoms with van der Waals surface area (Å²) in [6.07, 6.45) is 0. The Morgan fingerprint density at radius 3 is 2.41 bits per heavy atom. The van der Waals surface area contributed by atoms with Gasteiger partial charge in [0, 0.05) is 0 Å². The number of rotatable bonds is 6. The molecule has 0 atom stereocenters. The van der Waals surface area contributed by atoms with Crippen molar-refractivity contribution >= 4 is 11.9 Å². The summed E-state index contributed by atoms with van der Waals surface area (Å²) >= 11 is 0. The Hall–Kier alpha value is -3.75. The van der Waals surface area contributed by atoms with Crippen LogP contribution in [0.5, 0.6) is 5.75 Å². The molecule has 9 heteroatoms. The lowest BCUT2D eigenvalue weighted by Gasteiger charge is -2.09. The molecule has 0 aliphatic carbocycles. The summed E-state index contributed by atoms with van der Waals surface area (Å²) in [5, 5.41) is 14.3. The zero-order chi connectivity index (χ0) is 19.2. The number of carbonyl (C=O) groups is 2. The highest BCUT2D eigenvalue weighted by molar-refractivity contribution is 6.05. The normalized spacial score (nSPS) is 10.3. The standard InChI is InChI=1S/C18H17N5O4/c1-26-13-9-7-12(8-10-13)23-16(20-21-22-23)11-19-17(24)14-5-3-4-6-15(14)18(25)27-2/h3-10H,11H2,1-2H3,(H,19,24). The van der Waals surface area contributed by atoms with E-state index >= 15 is 0 Å². The summed E-state index contributed by atoms with van der Waals surface area (Å²) in [5.74, 6) is 0.134. The third kappa shape index (κ3) is 3.92. The van der Waals surface area contributed by atoms with E-state index in [-0.39, 0.29) is 17.7 Å². The second-order valence-corrected chi connectivity index (χ2v) is 5.42. The van der Waals surface area contributed by atoms with Crippen molar-refractivity contribution in [3.63, 3.8) is 0 Å². The van der Waals surface area contributed by atoms with Crippen LogP contribution in [0.1, 0.15) is 26.5 Å². The largest absolute Gasteiger partial charge is 0.497 e. The number of hydrogen-bond donors (Lipinski definition) is 1. The van der Waals surface area contributed by atoms with Crippen LogP contribution in [0.4, 0.5) is 0 Å². The highest BCUT2D eigenvalue weighted by Gasteiger charge is 2.18. The van der Waals surface area contributed by atoms with E-state index in [4.69, 9.17) is 9.47 Å². The first-order chi connectivity index (χ1) is 13.1. The molecule has 0 saturated heterocycles. The third-order valence-corrected chi connectivity index (χ3v) is 3.84. The molecule has 1 heterocycles. The van der Waals surface area contributed by atoms with Gasteiger partial charge in [0.05, 0.1) is 37.6 Å². The monoisotopic (exact) mass is 367 g/mol. The fraction of sp³-hybridized carbons (Fsp3) is 0.167. The Bertz CT molecular complexity index is 952. The molecule has 1 N–H and O–H groups in total. The van der Waals surface area contributed by atoms with Gasteiger partial charge in [-0.2, -0.15) is 4.68 Å². The topological polar surface area (TPSA) is 108 Å². The Kier molecular flexibility index (Phi) is 5.41. The number of aromatic nitrogens is 4. The van der Waals surface area contributed by atoms with E-state index in [0.29, 0.717) is 11.6 Å². The smallest absolute Gasteiger partial charge is 0.338 e. The van der Waals surface area contributed by atoms with Crippen molar-refractivity contribution in [2.45, 2.75) is 6.54 Å². The van der Waals surface area contributed by atoms with Gasteiger partial charge < -0.3 is 14.8 Å². The SMILES string of the molecule is COC(=O)c1ccccc1C(=O)NCc1nnnn1-c1ccc(OC)cc1. The minimum Gasteiger partial charge on any atom is -0.497 e. The fourth-order valence-corrected chi connectivity index (χ4v) is 2.46. The average molecular weight is 367 g/mol. The van der Waals surface area contributed by atoms with Crippen LogP contribution in [0.15, 0.2) is 48.5 Å². The van der Waals surface area contributed by atoms with Gasteiger partial charge in [0.25, 0.3) is 5.91 Å². The van der Waals surface area contributed by atoms with Crippen molar-refractivity contribution in [1.29, 1.82) is 0 Å². The maximum absolute atomic E-state index is 12.5. The minimum atomic E-state index is -0.580. The van der Waals surface area contributed by atoms with Crippen LogP contribution < -0.4 is 10.1 Å². The minimum absolute atomic E-state index is 0.0768. The van der Waals surface area contributed by atoms with Gasteiger partial charge in [-0.15, -0.1) is 5.10 Å². The summed E-state index contributed by atoms with van der Waals surface area (Å²) in [5.41, 5.74) is 1.13. The lowest BCUT2D eigenvalue weighted by Crippen LogP contribution is -2.26. The van der Waals surface area contributed by atoms with Gasteiger partial charge in [-0.25, -0.2) is 4.79 Å². The zero-order valence-corrected chi connectivity index (χ0v) is 14.7. The summed E-state index contributed by atoms with van der Waals surface area (Å²) < 4.78 is 11.3. The number of carbonyl (C=O) groups excluding carboxylic acids is 2. The summed E-state index contributed by atoms with van der Waals surface area (Å²) in [6, 6.07) is 13.6. The van der Waals surface area contributed by atoms with E-state index < -0.39 is 11.9 Å². The van der Waals surface area contributed by atoms with Gasteiger partial charge >= 0.3 is 5.97 Å². The van der Waals surface area contributed by atoms with Crippen LogP contribution in [0, 0.1) is 0 Å².